The quantitative estimate of drug-likeness (QED) is 0.876. The summed E-state index contributed by atoms with van der Waals surface area (Å²) in [4.78, 5) is 0. The summed E-state index contributed by atoms with van der Waals surface area (Å²) in [6.07, 6.45) is 1.90. The number of rotatable bonds is 5. The van der Waals surface area contributed by atoms with E-state index in [1.165, 1.54) is 0 Å². The van der Waals surface area contributed by atoms with Crippen LogP contribution in [0.15, 0.2) is 30.5 Å². The first kappa shape index (κ1) is 12.3. The number of aryl methyl sites for hydroxylation is 1. The molecule has 2 aromatic rings. The lowest BCUT2D eigenvalue weighted by Gasteiger charge is -2.10. The van der Waals surface area contributed by atoms with Crippen molar-refractivity contribution in [2.45, 2.75) is 13.5 Å². The van der Waals surface area contributed by atoms with Gasteiger partial charge in [-0.25, -0.2) is 0 Å². The van der Waals surface area contributed by atoms with Gasteiger partial charge in [0.05, 0.1) is 13.7 Å². The Morgan fingerprint density at radius 3 is 2.61 bits per heavy atom. The first-order valence-electron chi connectivity index (χ1n) is 5.76. The third-order valence-corrected chi connectivity index (χ3v) is 2.63. The summed E-state index contributed by atoms with van der Waals surface area (Å²) in [7, 11) is 1.62. The number of methoxy groups -OCH3 is 1. The molecule has 5 nitrogen and oxygen atoms in total. The van der Waals surface area contributed by atoms with Gasteiger partial charge in [-0.1, -0.05) is 12.1 Å². The van der Waals surface area contributed by atoms with E-state index in [1.54, 1.807) is 11.8 Å². The number of ether oxygens (including phenoxy) is 2. The van der Waals surface area contributed by atoms with Crippen LogP contribution in [-0.2, 0) is 6.54 Å². The number of nitrogens with zero attached hydrogens (tertiary/aromatic N) is 2. The van der Waals surface area contributed by atoms with Crippen molar-refractivity contribution < 1.29 is 9.47 Å². The van der Waals surface area contributed by atoms with Crippen LogP contribution in [0.1, 0.15) is 5.56 Å². The molecule has 96 valence electrons. The van der Waals surface area contributed by atoms with E-state index in [0.29, 0.717) is 19.0 Å². The standard InChI is InChI=1S/C13H17N3O2/c1-10-9-16(15-13(10)14)7-8-18-12-6-4-3-5-11(12)17-2/h3-6,9H,7-8H2,1-2H3,(H2,14,15). The zero-order valence-electron chi connectivity index (χ0n) is 10.6. The van der Waals surface area contributed by atoms with Gasteiger partial charge in [0.1, 0.15) is 12.4 Å². The number of nitrogen functional groups attached to an aromatic ring is 1. The van der Waals surface area contributed by atoms with Crippen LogP contribution in [0.5, 0.6) is 11.5 Å². The fourth-order valence-electron chi connectivity index (χ4n) is 1.64. The molecule has 0 saturated carbocycles. The highest BCUT2D eigenvalue weighted by Crippen LogP contribution is 2.25. The second-order valence-corrected chi connectivity index (χ2v) is 3.96. The third-order valence-electron chi connectivity index (χ3n) is 2.63. The van der Waals surface area contributed by atoms with Gasteiger partial charge in [0.2, 0.25) is 0 Å². The Morgan fingerprint density at radius 1 is 1.28 bits per heavy atom. The molecule has 0 radical (unpaired) electrons. The van der Waals surface area contributed by atoms with Gasteiger partial charge < -0.3 is 15.2 Å². The molecule has 0 aliphatic carbocycles. The van der Waals surface area contributed by atoms with Crippen LogP contribution in [0.25, 0.3) is 0 Å². The molecular formula is C13H17N3O2. The summed E-state index contributed by atoms with van der Waals surface area (Å²) in [5.41, 5.74) is 6.66. The zero-order chi connectivity index (χ0) is 13.0. The number of benzene rings is 1. The fourth-order valence-corrected chi connectivity index (χ4v) is 1.64. The van der Waals surface area contributed by atoms with Crippen LogP contribution >= 0.6 is 0 Å². The monoisotopic (exact) mass is 247 g/mol. The number of para-hydroxylation sites is 2. The molecule has 2 N–H and O–H groups in total. The Hall–Kier alpha value is -2.17. The van der Waals surface area contributed by atoms with Crippen molar-refractivity contribution >= 4 is 5.82 Å². The maximum Gasteiger partial charge on any atom is 0.161 e. The number of aromatic nitrogens is 2. The lowest BCUT2D eigenvalue weighted by atomic mass is 10.3. The van der Waals surface area contributed by atoms with Crippen LogP contribution in [0, 0.1) is 6.92 Å². The summed E-state index contributed by atoms with van der Waals surface area (Å²) in [5, 5.41) is 4.17. The Balaban J connectivity index is 1.92. The number of hydrogen-bond donors (Lipinski definition) is 1. The normalized spacial score (nSPS) is 10.3. The summed E-state index contributed by atoms with van der Waals surface area (Å²) < 4.78 is 12.6. The van der Waals surface area contributed by atoms with E-state index in [-0.39, 0.29) is 0 Å². The van der Waals surface area contributed by atoms with E-state index in [0.717, 1.165) is 17.1 Å². The van der Waals surface area contributed by atoms with Crippen LogP contribution in [-0.4, -0.2) is 23.5 Å². The smallest absolute Gasteiger partial charge is 0.161 e. The Kier molecular flexibility index (Phi) is 3.72. The van der Waals surface area contributed by atoms with Crippen molar-refractivity contribution in [1.29, 1.82) is 0 Å². The van der Waals surface area contributed by atoms with E-state index in [4.69, 9.17) is 15.2 Å². The second-order valence-electron chi connectivity index (χ2n) is 3.96. The van der Waals surface area contributed by atoms with Crippen LogP contribution in [0.3, 0.4) is 0 Å². The molecule has 1 aromatic carbocycles. The predicted octanol–water partition coefficient (Wildman–Crippen LogP) is 1.86. The van der Waals surface area contributed by atoms with Crippen molar-refractivity contribution in [3.05, 3.63) is 36.0 Å². The first-order chi connectivity index (χ1) is 8.70. The molecule has 0 unspecified atom stereocenters. The topological polar surface area (TPSA) is 62.3 Å². The maximum absolute atomic E-state index is 5.68. The van der Waals surface area contributed by atoms with Crippen molar-refractivity contribution in [3.63, 3.8) is 0 Å². The minimum Gasteiger partial charge on any atom is -0.493 e. The SMILES string of the molecule is COc1ccccc1OCCn1cc(C)c(N)n1. The van der Waals surface area contributed by atoms with E-state index in [2.05, 4.69) is 5.10 Å². The number of nitrogens with two attached hydrogens (primary N) is 1. The lowest BCUT2D eigenvalue weighted by molar-refractivity contribution is 0.274. The van der Waals surface area contributed by atoms with Crippen molar-refractivity contribution in [2.24, 2.45) is 0 Å². The molecule has 0 amide bonds. The van der Waals surface area contributed by atoms with E-state index >= 15 is 0 Å². The molecule has 0 aliphatic rings. The van der Waals surface area contributed by atoms with Gasteiger partial charge in [0.15, 0.2) is 11.5 Å². The molecule has 0 saturated heterocycles. The van der Waals surface area contributed by atoms with Gasteiger partial charge in [-0.15, -0.1) is 0 Å². The highest BCUT2D eigenvalue weighted by atomic mass is 16.5. The molecule has 5 heteroatoms. The Morgan fingerprint density at radius 2 is 2.00 bits per heavy atom. The van der Waals surface area contributed by atoms with E-state index < -0.39 is 0 Å². The third kappa shape index (κ3) is 2.74. The molecule has 0 fully saturated rings. The lowest BCUT2D eigenvalue weighted by Crippen LogP contribution is -2.09. The summed E-state index contributed by atoms with van der Waals surface area (Å²) in [6.45, 7) is 3.09. The largest absolute Gasteiger partial charge is 0.493 e. The molecular weight excluding hydrogens is 230 g/mol. The van der Waals surface area contributed by atoms with Crippen LogP contribution in [0.2, 0.25) is 0 Å². The number of hydrogen-bond acceptors (Lipinski definition) is 4. The molecule has 2 rings (SSSR count). The summed E-state index contributed by atoms with van der Waals surface area (Å²) in [6, 6.07) is 7.56. The highest BCUT2D eigenvalue weighted by Gasteiger charge is 2.04. The van der Waals surface area contributed by atoms with Crippen LogP contribution in [0.4, 0.5) is 5.82 Å². The number of anilines is 1. The molecule has 1 heterocycles. The van der Waals surface area contributed by atoms with Crippen molar-refractivity contribution in [2.75, 3.05) is 19.5 Å². The Bertz CT molecular complexity index is 503. The fraction of sp³-hybridized carbons (Fsp3) is 0.308. The average molecular weight is 247 g/mol. The molecule has 0 atom stereocenters. The van der Waals surface area contributed by atoms with Gasteiger partial charge in [-0.3, -0.25) is 4.68 Å². The van der Waals surface area contributed by atoms with Crippen LogP contribution < -0.4 is 15.2 Å². The predicted molar refractivity (Wildman–Crippen MR) is 69.9 cm³/mol. The highest BCUT2D eigenvalue weighted by molar-refractivity contribution is 5.39. The Labute approximate surface area is 106 Å². The van der Waals surface area contributed by atoms with Gasteiger partial charge in [0, 0.05) is 11.8 Å². The summed E-state index contributed by atoms with van der Waals surface area (Å²) in [5.74, 6) is 2.03. The molecule has 0 bridgehead atoms. The molecule has 18 heavy (non-hydrogen) atoms. The maximum atomic E-state index is 5.68. The molecule has 1 aromatic heterocycles. The van der Waals surface area contributed by atoms with Gasteiger partial charge in [0.25, 0.3) is 0 Å². The van der Waals surface area contributed by atoms with Gasteiger partial charge >= 0.3 is 0 Å². The van der Waals surface area contributed by atoms with Gasteiger partial charge in [-0.2, -0.15) is 5.10 Å². The first-order valence-corrected chi connectivity index (χ1v) is 5.76. The minimum absolute atomic E-state index is 0.515. The van der Waals surface area contributed by atoms with Gasteiger partial charge in [-0.05, 0) is 19.1 Å². The molecule has 0 aliphatic heterocycles. The average Bonchev–Trinajstić information content (AvgIpc) is 2.69. The van der Waals surface area contributed by atoms with Crippen molar-refractivity contribution in [3.8, 4) is 11.5 Å². The zero-order valence-corrected chi connectivity index (χ0v) is 10.6. The van der Waals surface area contributed by atoms with Crippen molar-refractivity contribution in [1.82, 2.24) is 9.78 Å². The minimum atomic E-state index is 0.515. The van der Waals surface area contributed by atoms with E-state index in [9.17, 15) is 0 Å². The second kappa shape index (κ2) is 5.44. The van der Waals surface area contributed by atoms with E-state index in [1.807, 2.05) is 37.4 Å². The summed E-state index contributed by atoms with van der Waals surface area (Å²) >= 11 is 0. The molecule has 0 spiro atoms.